The predicted molar refractivity (Wildman–Crippen MR) is 116 cm³/mol. The summed E-state index contributed by atoms with van der Waals surface area (Å²) in [4.78, 5) is 14.1. The highest BCUT2D eigenvalue weighted by Crippen LogP contribution is 2.32. The Hall–Kier alpha value is -3.16. The SMILES string of the molecule is O=C(OCCN(C1=NS(=O)(=O)c2ccccc21)c1ccccc1Cl)c1ccccc1. The Labute approximate surface area is 179 Å². The zero-order valence-corrected chi connectivity index (χ0v) is 17.3. The number of carbonyl (C=O) groups excluding carboxylic acids is 1. The second kappa shape index (κ2) is 8.30. The Balaban J connectivity index is 1.64. The number of hydrogen-bond acceptors (Lipinski definition) is 5. The molecular formula is C22H17ClN2O4S. The van der Waals surface area contributed by atoms with Crippen LogP contribution in [0.3, 0.4) is 0 Å². The highest BCUT2D eigenvalue weighted by molar-refractivity contribution is 7.90. The first kappa shape index (κ1) is 20.1. The number of rotatable bonds is 5. The first-order valence-electron chi connectivity index (χ1n) is 9.16. The van der Waals surface area contributed by atoms with Crippen LogP contribution in [0, 0.1) is 0 Å². The third-order valence-electron chi connectivity index (χ3n) is 4.57. The summed E-state index contributed by atoms with van der Waals surface area (Å²) in [7, 11) is -3.81. The summed E-state index contributed by atoms with van der Waals surface area (Å²) in [6.45, 7) is 0.186. The average molecular weight is 441 g/mol. The fraction of sp³-hybridized carbons (Fsp3) is 0.0909. The second-order valence-electron chi connectivity index (χ2n) is 6.49. The molecule has 152 valence electrons. The summed E-state index contributed by atoms with van der Waals surface area (Å²) < 4.78 is 34.4. The first-order chi connectivity index (χ1) is 14.5. The van der Waals surface area contributed by atoms with E-state index in [0.29, 0.717) is 21.8 Å². The highest BCUT2D eigenvalue weighted by atomic mass is 35.5. The third-order valence-corrected chi connectivity index (χ3v) is 6.21. The van der Waals surface area contributed by atoms with Crippen LogP contribution in [0.5, 0.6) is 0 Å². The molecule has 0 radical (unpaired) electrons. The van der Waals surface area contributed by atoms with Gasteiger partial charge in [-0.1, -0.05) is 54.1 Å². The monoisotopic (exact) mass is 440 g/mol. The first-order valence-corrected chi connectivity index (χ1v) is 11.0. The normalized spacial score (nSPS) is 14.0. The number of ether oxygens (including phenoxy) is 1. The molecule has 0 bridgehead atoms. The molecule has 8 heteroatoms. The molecule has 0 atom stereocenters. The van der Waals surface area contributed by atoms with Crippen molar-refractivity contribution < 1.29 is 17.9 Å². The summed E-state index contributed by atoms with van der Waals surface area (Å²) in [5, 5.41) is 0.427. The van der Waals surface area contributed by atoms with Gasteiger partial charge < -0.3 is 9.64 Å². The van der Waals surface area contributed by atoms with Crippen LogP contribution in [0.2, 0.25) is 5.02 Å². The molecule has 0 aromatic heterocycles. The second-order valence-corrected chi connectivity index (χ2v) is 8.47. The van der Waals surface area contributed by atoms with E-state index in [1.165, 1.54) is 6.07 Å². The van der Waals surface area contributed by atoms with Gasteiger partial charge in [-0.25, -0.2) is 4.79 Å². The number of amidine groups is 1. The smallest absolute Gasteiger partial charge is 0.338 e. The molecule has 0 unspecified atom stereocenters. The number of carbonyl (C=O) groups is 1. The van der Waals surface area contributed by atoms with Gasteiger partial charge in [0.1, 0.15) is 11.5 Å². The van der Waals surface area contributed by atoms with Crippen molar-refractivity contribution in [3.05, 3.63) is 95.0 Å². The number of halogens is 1. The Bertz CT molecular complexity index is 1230. The van der Waals surface area contributed by atoms with Gasteiger partial charge >= 0.3 is 5.97 Å². The maximum atomic E-state index is 12.5. The summed E-state index contributed by atoms with van der Waals surface area (Å²) in [5.41, 5.74) is 1.49. The lowest BCUT2D eigenvalue weighted by atomic mass is 10.1. The summed E-state index contributed by atoms with van der Waals surface area (Å²) in [6.07, 6.45) is 0. The molecule has 30 heavy (non-hydrogen) atoms. The minimum absolute atomic E-state index is 0.0141. The van der Waals surface area contributed by atoms with E-state index >= 15 is 0 Å². The van der Waals surface area contributed by atoms with E-state index in [1.807, 2.05) is 6.07 Å². The quantitative estimate of drug-likeness (QED) is 0.557. The van der Waals surface area contributed by atoms with Crippen molar-refractivity contribution >= 4 is 39.1 Å². The third kappa shape index (κ3) is 3.94. The topological polar surface area (TPSA) is 76.0 Å². The van der Waals surface area contributed by atoms with E-state index in [4.69, 9.17) is 16.3 Å². The number of nitrogens with zero attached hydrogens (tertiary/aromatic N) is 2. The predicted octanol–water partition coefficient (Wildman–Crippen LogP) is 4.15. The van der Waals surface area contributed by atoms with Gasteiger partial charge in [0.05, 0.1) is 22.8 Å². The van der Waals surface area contributed by atoms with Gasteiger partial charge in [0.2, 0.25) is 0 Å². The van der Waals surface area contributed by atoms with Crippen LogP contribution in [-0.4, -0.2) is 33.4 Å². The number of anilines is 1. The minimum atomic E-state index is -3.81. The standard InChI is InChI=1S/C22H17ClN2O4S/c23-18-11-5-6-12-19(18)25(14-15-29-22(26)16-8-2-1-3-9-16)21-17-10-4-7-13-20(17)30(27,28)24-21/h1-13H,14-15H2. The molecule has 0 aliphatic carbocycles. The number of esters is 1. The zero-order valence-electron chi connectivity index (χ0n) is 15.7. The van der Waals surface area contributed by atoms with Gasteiger partial charge in [-0.3, -0.25) is 0 Å². The lowest BCUT2D eigenvalue weighted by molar-refractivity contribution is 0.0517. The van der Waals surface area contributed by atoms with Crippen molar-refractivity contribution in [2.75, 3.05) is 18.1 Å². The Morgan fingerprint density at radius 1 is 0.933 bits per heavy atom. The molecule has 0 N–H and O–H groups in total. The summed E-state index contributed by atoms with van der Waals surface area (Å²) in [5.74, 6) is -0.217. The molecule has 0 saturated heterocycles. The molecule has 6 nitrogen and oxygen atoms in total. The van der Waals surface area contributed by atoms with Crippen LogP contribution in [0.1, 0.15) is 15.9 Å². The van der Waals surface area contributed by atoms with Crippen molar-refractivity contribution in [1.82, 2.24) is 0 Å². The number of hydrogen-bond donors (Lipinski definition) is 0. The van der Waals surface area contributed by atoms with Gasteiger partial charge in [-0.05, 0) is 36.4 Å². The molecule has 0 spiro atoms. The average Bonchev–Trinajstić information content (AvgIpc) is 3.03. The maximum absolute atomic E-state index is 12.5. The molecule has 1 aliphatic rings. The van der Waals surface area contributed by atoms with Crippen molar-refractivity contribution in [2.24, 2.45) is 4.40 Å². The number of para-hydroxylation sites is 1. The molecule has 0 saturated carbocycles. The molecule has 1 heterocycles. The van der Waals surface area contributed by atoms with Gasteiger partial charge in [0, 0.05) is 5.56 Å². The van der Waals surface area contributed by atoms with E-state index in [-0.39, 0.29) is 23.9 Å². The van der Waals surface area contributed by atoms with Gasteiger partial charge in [0.25, 0.3) is 10.0 Å². The fourth-order valence-corrected chi connectivity index (χ4v) is 4.63. The van der Waals surface area contributed by atoms with Crippen LogP contribution >= 0.6 is 11.6 Å². The van der Waals surface area contributed by atoms with Gasteiger partial charge in [0.15, 0.2) is 5.84 Å². The lowest BCUT2D eigenvalue weighted by Gasteiger charge is -2.25. The van der Waals surface area contributed by atoms with Gasteiger partial charge in [-0.15, -0.1) is 4.40 Å². The van der Waals surface area contributed by atoms with Crippen molar-refractivity contribution in [2.45, 2.75) is 4.90 Å². The largest absolute Gasteiger partial charge is 0.460 e. The summed E-state index contributed by atoms with van der Waals surface area (Å²) in [6, 6.07) is 22.3. The van der Waals surface area contributed by atoms with E-state index in [1.54, 1.807) is 71.6 Å². The van der Waals surface area contributed by atoms with Crippen LogP contribution in [0.25, 0.3) is 0 Å². The molecule has 3 aromatic rings. The number of benzene rings is 3. The van der Waals surface area contributed by atoms with E-state index in [9.17, 15) is 13.2 Å². The van der Waals surface area contributed by atoms with E-state index in [0.717, 1.165) is 0 Å². The maximum Gasteiger partial charge on any atom is 0.338 e. The lowest BCUT2D eigenvalue weighted by Crippen LogP contribution is -2.34. The number of fused-ring (bicyclic) bond motifs is 1. The highest BCUT2D eigenvalue weighted by Gasteiger charge is 2.32. The Kier molecular flexibility index (Phi) is 5.57. The number of sulfonamides is 1. The van der Waals surface area contributed by atoms with Crippen molar-refractivity contribution in [1.29, 1.82) is 0 Å². The Morgan fingerprint density at radius 2 is 1.60 bits per heavy atom. The van der Waals surface area contributed by atoms with Crippen molar-refractivity contribution in [3.63, 3.8) is 0 Å². The van der Waals surface area contributed by atoms with Crippen LogP contribution in [-0.2, 0) is 14.8 Å². The molecule has 4 rings (SSSR count). The molecule has 1 aliphatic heterocycles. The molecule has 0 fully saturated rings. The van der Waals surface area contributed by atoms with E-state index < -0.39 is 16.0 Å². The zero-order chi connectivity index (χ0) is 21.1. The van der Waals surface area contributed by atoms with Gasteiger partial charge in [-0.2, -0.15) is 8.42 Å². The van der Waals surface area contributed by atoms with E-state index in [2.05, 4.69) is 4.40 Å². The summed E-state index contributed by atoms with van der Waals surface area (Å²) >= 11 is 6.38. The van der Waals surface area contributed by atoms with Crippen molar-refractivity contribution in [3.8, 4) is 0 Å². The fourth-order valence-electron chi connectivity index (χ4n) is 3.18. The van der Waals surface area contributed by atoms with Crippen LogP contribution in [0.15, 0.2) is 88.2 Å². The molecular weight excluding hydrogens is 424 g/mol. The van der Waals surface area contributed by atoms with Crippen LogP contribution < -0.4 is 4.90 Å². The Morgan fingerprint density at radius 3 is 2.37 bits per heavy atom. The molecule has 0 amide bonds. The van der Waals surface area contributed by atoms with Crippen LogP contribution in [0.4, 0.5) is 5.69 Å². The minimum Gasteiger partial charge on any atom is -0.460 e. The molecule has 3 aromatic carbocycles.